The van der Waals surface area contributed by atoms with E-state index in [1.54, 1.807) is 12.7 Å². The Hall–Kier alpha value is -1.87. The number of nitrogens with one attached hydrogen (secondary N) is 1. The first-order chi connectivity index (χ1) is 10.9. The fraction of sp³-hybridized carbons (Fsp3) is 0.429. The van der Waals surface area contributed by atoms with E-state index in [1.807, 2.05) is 4.57 Å². The topological polar surface area (TPSA) is 76.9 Å². The number of sulfonamides is 1. The molecule has 1 aliphatic carbocycles. The Kier molecular flexibility index (Phi) is 4.40. The lowest BCUT2D eigenvalue weighted by atomic mass is 9.91. The Balaban J connectivity index is 1.75. The van der Waals surface area contributed by atoms with E-state index in [4.69, 9.17) is 0 Å². The van der Waals surface area contributed by atoms with Gasteiger partial charge in [0.1, 0.15) is 24.3 Å². The summed E-state index contributed by atoms with van der Waals surface area (Å²) in [7, 11) is -3.97. The van der Waals surface area contributed by atoms with Gasteiger partial charge in [0.05, 0.1) is 4.90 Å². The monoisotopic (exact) mass is 342 g/mol. The van der Waals surface area contributed by atoms with Crippen LogP contribution in [0.5, 0.6) is 0 Å². The van der Waals surface area contributed by atoms with Gasteiger partial charge in [0.2, 0.25) is 10.0 Å². The molecule has 3 rings (SSSR count). The number of hydrogen-bond acceptors (Lipinski definition) is 4. The maximum Gasteiger partial charge on any atom is 0.241 e. The summed E-state index contributed by atoms with van der Waals surface area (Å²) in [5.41, 5.74) is 0. The standard InChI is InChI=1S/C14H16F2N4O2S/c15-10-4-11(16)6-14(5-10)23(21,22)19-12-2-1-3-13(7-12)20-8-17-18-9-20/h4-6,8-9,12-13,19H,1-3,7H2. The molecular formula is C14H16F2N4O2S. The Morgan fingerprint density at radius 1 is 1.09 bits per heavy atom. The number of halogens is 2. The van der Waals surface area contributed by atoms with E-state index in [-0.39, 0.29) is 12.1 Å². The highest BCUT2D eigenvalue weighted by Crippen LogP contribution is 2.29. The normalized spacial score (nSPS) is 22.2. The summed E-state index contributed by atoms with van der Waals surface area (Å²) in [6.07, 6.45) is 6.20. The number of rotatable bonds is 4. The van der Waals surface area contributed by atoms with Gasteiger partial charge in [-0.25, -0.2) is 21.9 Å². The lowest BCUT2D eigenvalue weighted by molar-refractivity contribution is 0.305. The van der Waals surface area contributed by atoms with E-state index < -0.39 is 26.6 Å². The molecule has 1 aromatic carbocycles. The van der Waals surface area contributed by atoms with E-state index in [2.05, 4.69) is 14.9 Å². The quantitative estimate of drug-likeness (QED) is 0.922. The summed E-state index contributed by atoms with van der Waals surface area (Å²) in [4.78, 5) is -0.401. The molecule has 1 saturated carbocycles. The van der Waals surface area contributed by atoms with Crippen LogP contribution in [0.3, 0.4) is 0 Å². The number of nitrogens with zero attached hydrogens (tertiary/aromatic N) is 3. The van der Waals surface area contributed by atoms with Crippen LogP contribution >= 0.6 is 0 Å². The van der Waals surface area contributed by atoms with Crippen molar-refractivity contribution < 1.29 is 17.2 Å². The maximum atomic E-state index is 13.2. The molecule has 6 nitrogen and oxygen atoms in total. The fourth-order valence-corrected chi connectivity index (χ4v) is 4.23. The molecule has 2 unspecified atom stereocenters. The van der Waals surface area contributed by atoms with Gasteiger partial charge in [-0.15, -0.1) is 10.2 Å². The largest absolute Gasteiger partial charge is 0.317 e. The van der Waals surface area contributed by atoms with Gasteiger partial charge in [0.25, 0.3) is 0 Å². The average molecular weight is 342 g/mol. The van der Waals surface area contributed by atoms with Gasteiger partial charge in [0.15, 0.2) is 0 Å². The number of aromatic nitrogens is 3. The first-order valence-corrected chi connectivity index (χ1v) is 8.75. The molecule has 0 amide bonds. The second-order valence-electron chi connectivity index (χ2n) is 5.65. The van der Waals surface area contributed by atoms with Crippen molar-refractivity contribution in [2.75, 3.05) is 0 Å². The van der Waals surface area contributed by atoms with Crippen LogP contribution in [-0.2, 0) is 10.0 Å². The van der Waals surface area contributed by atoms with Gasteiger partial charge in [-0.05, 0) is 37.8 Å². The van der Waals surface area contributed by atoms with Crippen LogP contribution in [0.4, 0.5) is 8.78 Å². The van der Waals surface area contributed by atoms with Crippen molar-refractivity contribution >= 4 is 10.0 Å². The highest BCUT2D eigenvalue weighted by molar-refractivity contribution is 7.89. The molecule has 0 spiro atoms. The van der Waals surface area contributed by atoms with Crippen LogP contribution in [0, 0.1) is 11.6 Å². The summed E-state index contributed by atoms with van der Waals surface area (Å²) in [6.45, 7) is 0. The molecule has 0 saturated heterocycles. The van der Waals surface area contributed by atoms with Crippen LogP contribution < -0.4 is 4.72 Å². The third-order valence-electron chi connectivity index (χ3n) is 3.97. The smallest absolute Gasteiger partial charge is 0.241 e. The zero-order chi connectivity index (χ0) is 16.4. The molecule has 1 aliphatic rings. The van der Waals surface area contributed by atoms with Gasteiger partial charge in [-0.3, -0.25) is 0 Å². The van der Waals surface area contributed by atoms with Crippen molar-refractivity contribution in [1.82, 2.24) is 19.5 Å². The highest BCUT2D eigenvalue weighted by atomic mass is 32.2. The predicted molar refractivity (Wildman–Crippen MR) is 78.0 cm³/mol. The molecule has 9 heteroatoms. The molecule has 2 atom stereocenters. The minimum atomic E-state index is -3.97. The zero-order valence-electron chi connectivity index (χ0n) is 12.2. The van der Waals surface area contributed by atoms with Gasteiger partial charge in [-0.2, -0.15) is 0 Å². The van der Waals surface area contributed by atoms with Crippen molar-refractivity contribution in [2.45, 2.75) is 42.7 Å². The fourth-order valence-electron chi connectivity index (χ4n) is 2.91. The van der Waals surface area contributed by atoms with Crippen LogP contribution in [0.1, 0.15) is 31.7 Å². The molecule has 0 radical (unpaired) electrons. The Morgan fingerprint density at radius 2 is 1.74 bits per heavy atom. The first-order valence-electron chi connectivity index (χ1n) is 7.26. The Morgan fingerprint density at radius 3 is 2.39 bits per heavy atom. The van der Waals surface area contributed by atoms with Gasteiger partial charge in [-0.1, -0.05) is 0 Å². The van der Waals surface area contributed by atoms with Crippen molar-refractivity contribution in [3.63, 3.8) is 0 Å². The minimum absolute atomic E-state index is 0.107. The predicted octanol–water partition coefficient (Wildman–Crippen LogP) is 2.02. The summed E-state index contributed by atoms with van der Waals surface area (Å²) in [5, 5.41) is 7.51. The van der Waals surface area contributed by atoms with Crippen molar-refractivity contribution in [3.05, 3.63) is 42.5 Å². The molecule has 0 bridgehead atoms. The van der Waals surface area contributed by atoms with E-state index in [1.165, 1.54) is 0 Å². The van der Waals surface area contributed by atoms with Crippen LogP contribution in [-0.4, -0.2) is 29.2 Å². The van der Waals surface area contributed by atoms with E-state index in [0.29, 0.717) is 18.9 Å². The molecule has 23 heavy (non-hydrogen) atoms. The van der Waals surface area contributed by atoms with Crippen LogP contribution in [0.25, 0.3) is 0 Å². The second kappa shape index (κ2) is 6.32. The minimum Gasteiger partial charge on any atom is -0.317 e. The summed E-state index contributed by atoms with van der Waals surface area (Å²) < 4.78 is 55.5. The van der Waals surface area contributed by atoms with E-state index >= 15 is 0 Å². The van der Waals surface area contributed by atoms with Crippen LogP contribution in [0.15, 0.2) is 35.7 Å². The molecule has 0 aliphatic heterocycles. The summed E-state index contributed by atoms with van der Waals surface area (Å²) in [5.74, 6) is -1.84. The van der Waals surface area contributed by atoms with E-state index in [9.17, 15) is 17.2 Å². The molecule has 1 N–H and O–H groups in total. The zero-order valence-corrected chi connectivity index (χ0v) is 13.0. The van der Waals surface area contributed by atoms with Crippen LogP contribution in [0.2, 0.25) is 0 Å². The maximum absolute atomic E-state index is 13.2. The second-order valence-corrected chi connectivity index (χ2v) is 7.37. The Bertz CT molecular complexity index is 760. The summed E-state index contributed by atoms with van der Waals surface area (Å²) in [6, 6.07) is 2.07. The molecule has 124 valence electrons. The van der Waals surface area contributed by atoms with Crippen molar-refractivity contribution in [3.8, 4) is 0 Å². The number of benzene rings is 1. The average Bonchev–Trinajstić information content (AvgIpc) is 3.00. The summed E-state index contributed by atoms with van der Waals surface area (Å²) >= 11 is 0. The van der Waals surface area contributed by atoms with Gasteiger partial charge in [0, 0.05) is 18.2 Å². The third kappa shape index (κ3) is 3.73. The van der Waals surface area contributed by atoms with E-state index in [0.717, 1.165) is 25.0 Å². The highest BCUT2D eigenvalue weighted by Gasteiger charge is 2.27. The molecule has 1 fully saturated rings. The van der Waals surface area contributed by atoms with Crippen molar-refractivity contribution in [1.29, 1.82) is 0 Å². The molecule has 1 heterocycles. The SMILES string of the molecule is O=S(=O)(NC1CCCC(n2cnnc2)C1)c1cc(F)cc(F)c1. The Labute approximate surface area is 132 Å². The van der Waals surface area contributed by atoms with Gasteiger partial charge < -0.3 is 4.57 Å². The number of hydrogen-bond donors (Lipinski definition) is 1. The first kappa shape index (κ1) is 16.0. The molecule has 2 aromatic rings. The lowest BCUT2D eigenvalue weighted by Crippen LogP contribution is -2.38. The lowest BCUT2D eigenvalue weighted by Gasteiger charge is -2.30. The van der Waals surface area contributed by atoms with Gasteiger partial charge >= 0.3 is 0 Å². The molecular weight excluding hydrogens is 326 g/mol. The molecule has 1 aromatic heterocycles. The third-order valence-corrected chi connectivity index (χ3v) is 5.47. The van der Waals surface area contributed by atoms with Crippen molar-refractivity contribution in [2.24, 2.45) is 0 Å².